The van der Waals surface area contributed by atoms with E-state index in [4.69, 9.17) is 9.47 Å². The Labute approximate surface area is 193 Å². The van der Waals surface area contributed by atoms with Crippen molar-refractivity contribution in [1.82, 2.24) is 0 Å². The largest absolute Gasteiger partial charge is 0.497 e. The molecule has 0 saturated carbocycles. The number of halogens is 1. The van der Waals surface area contributed by atoms with Crippen LogP contribution in [-0.2, 0) is 6.16 Å². The first-order valence-electron chi connectivity index (χ1n) is 10.1. The van der Waals surface area contributed by atoms with E-state index in [1.54, 1.807) is 14.2 Å². The van der Waals surface area contributed by atoms with E-state index in [0.29, 0.717) is 0 Å². The molecule has 0 aliphatic rings. The highest BCUT2D eigenvalue weighted by molar-refractivity contribution is 9.10. The molecule has 4 rings (SSSR count). The van der Waals surface area contributed by atoms with E-state index in [0.717, 1.165) is 22.1 Å². The normalized spacial score (nSPS) is 11.2. The molecule has 0 aromatic heterocycles. The molecule has 156 valence electrons. The minimum atomic E-state index is -2.00. The van der Waals surface area contributed by atoms with Crippen molar-refractivity contribution in [3.05, 3.63) is 113 Å². The molecular formula is C27H25BrO2P+. The summed E-state index contributed by atoms with van der Waals surface area (Å²) < 4.78 is 12.2. The van der Waals surface area contributed by atoms with E-state index >= 15 is 0 Å². The lowest BCUT2D eigenvalue weighted by molar-refractivity contribution is 0.392. The number of hydrogen-bond donors (Lipinski definition) is 0. The summed E-state index contributed by atoms with van der Waals surface area (Å²) in [6, 6.07) is 36.7. The molecule has 2 nitrogen and oxygen atoms in total. The van der Waals surface area contributed by atoms with Crippen LogP contribution in [0.25, 0.3) is 0 Å². The second-order valence-corrected chi connectivity index (χ2v) is 11.6. The Morgan fingerprint density at radius 1 is 0.645 bits per heavy atom. The lowest BCUT2D eigenvalue weighted by Gasteiger charge is -2.28. The molecule has 4 aromatic rings. The first-order chi connectivity index (χ1) is 15.2. The topological polar surface area (TPSA) is 18.5 Å². The zero-order valence-corrected chi connectivity index (χ0v) is 20.1. The molecule has 0 aliphatic carbocycles. The number of methoxy groups -OCH3 is 2. The molecular weight excluding hydrogens is 467 g/mol. The second kappa shape index (κ2) is 9.68. The van der Waals surface area contributed by atoms with Gasteiger partial charge in [-0.15, -0.1) is 0 Å². The third kappa shape index (κ3) is 4.26. The Morgan fingerprint density at radius 3 is 1.48 bits per heavy atom. The van der Waals surface area contributed by atoms with Gasteiger partial charge in [0.25, 0.3) is 0 Å². The van der Waals surface area contributed by atoms with Crippen molar-refractivity contribution < 1.29 is 9.47 Å². The highest BCUT2D eigenvalue weighted by Crippen LogP contribution is 2.59. The maximum atomic E-state index is 5.65. The number of benzene rings is 4. The average Bonchev–Trinajstić information content (AvgIpc) is 2.85. The molecule has 0 unspecified atom stereocenters. The number of ether oxygens (including phenoxy) is 2. The summed E-state index contributed by atoms with van der Waals surface area (Å²) in [7, 11) is 1.38. The summed E-state index contributed by atoms with van der Waals surface area (Å²) in [5, 5.41) is 4.04. The summed E-state index contributed by atoms with van der Waals surface area (Å²) in [6.07, 6.45) is 0.846. The van der Waals surface area contributed by atoms with Crippen LogP contribution in [0.1, 0.15) is 5.56 Å². The van der Waals surface area contributed by atoms with Gasteiger partial charge in [0.1, 0.15) is 34.7 Å². The van der Waals surface area contributed by atoms with Gasteiger partial charge >= 0.3 is 0 Å². The van der Waals surface area contributed by atoms with E-state index in [2.05, 4.69) is 113 Å². The monoisotopic (exact) mass is 491 g/mol. The van der Waals surface area contributed by atoms with E-state index in [9.17, 15) is 0 Å². The van der Waals surface area contributed by atoms with Gasteiger partial charge in [0, 0.05) is 11.6 Å². The van der Waals surface area contributed by atoms with Gasteiger partial charge in [-0.2, -0.15) is 0 Å². The quantitative estimate of drug-likeness (QED) is 0.297. The Bertz CT molecular complexity index is 1040. The van der Waals surface area contributed by atoms with Crippen LogP contribution in [0.15, 0.2) is 108 Å². The van der Waals surface area contributed by atoms with Gasteiger partial charge in [0.05, 0.1) is 24.9 Å². The van der Waals surface area contributed by atoms with Gasteiger partial charge in [0.15, 0.2) is 0 Å². The van der Waals surface area contributed by atoms with Crippen LogP contribution in [0.3, 0.4) is 0 Å². The Kier molecular flexibility index (Phi) is 6.75. The van der Waals surface area contributed by atoms with Crippen LogP contribution in [0, 0.1) is 0 Å². The Hall–Kier alpha value is -2.61. The summed E-state index contributed by atoms with van der Waals surface area (Å²) >= 11 is 3.81. The van der Waals surface area contributed by atoms with Crippen LogP contribution in [0.5, 0.6) is 11.5 Å². The SMILES string of the molecule is COc1cc(C[P+](c2ccccc2)(c2ccccc2)c2ccccc2)c(Br)c(OC)c1. The fraction of sp³-hybridized carbons (Fsp3) is 0.111. The van der Waals surface area contributed by atoms with Crippen LogP contribution in [0.4, 0.5) is 0 Å². The van der Waals surface area contributed by atoms with Gasteiger partial charge in [-0.1, -0.05) is 54.6 Å². The van der Waals surface area contributed by atoms with Crippen molar-refractivity contribution >= 4 is 39.1 Å². The zero-order chi connectivity index (χ0) is 21.7. The maximum Gasteiger partial charge on any atom is 0.137 e. The van der Waals surface area contributed by atoms with Crippen LogP contribution in [-0.4, -0.2) is 14.2 Å². The van der Waals surface area contributed by atoms with Crippen molar-refractivity contribution in [2.24, 2.45) is 0 Å². The lowest BCUT2D eigenvalue weighted by Crippen LogP contribution is -2.32. The predicted octanol–water partition coefficient (Wildman–Crippen LogP) is 5.96. The highest BCUT2D eigenvalue weighted by Gasteiger charge is 2.46. The Morgan fingerprint density at radius 2 is 1.10 bits per heavy atom. The van der Waals surface area contributed by atoms with Gasteiger partial charge in [0.2, 0.25) is 0 Å². The molecule has 0 atom stereocenters. The Balaban J connectivity index is 2.02. The molecule has 4 heteroatoms. The van der Waals surface area contributed by atoms with Crippen molar-refractivity contribution in [3.8, 4) is 11.5 Å². The summed E-state index contributed by atoms with van der Waals surface area (Å²) in [5.41, 5.74) is 1.17. The minimum Gasteiger partial charge on any atom is -0.497 e. The van der Waals surface area contributed by atoms with Crippen molar-refractivity contribution in [2.75, 3.05) is 14.2 Å². The van der Waals surface area contributed by atoms with E-state index in [-0.39, 0.29) is 0 Å². The molecule has 31 heavy (non-hydrogen) atoms. The third-order valence-electron chi connectivity index (χ3n) is 5.54. The fourth-order valence-corrected chi connectivity index (χ4v) is 9.03. The second-order valence-electron chi connectivity index (χ2n) is 7.28. The van der Waals surface area contributed by atoms with Gasteiger partial charge in [-0.05, 0) is 58.4 Å². The highest BCUT2D eigenvalue weighted by atomic mass is 79.9. The molecule has 4 aromatic carbocycles. The smallest absolute Gasteiger partial charge is 0.137 e. The maximum absolute atomic E-state index is 5.65. The molecule has 0 saturated heterocycles. The lowest BCUT2D eigenvalue weighted by atomic mass is 10.2. The zero-order valence-electron chi connectivity index (χ0n) is 17.7. The van der Waals surface area contributed by atoms with Crippen LogP contribution in [0.2, 0.25) is 0 Å². The van der Waals surface area contributed by atoms with Gasteiger partial charge in [-0.25, -0.2) is 0 Å². The molecule has 0 bridgehead atoms. The molecule has 0 spiro atoms. The number of hydrogen-bond acceptors (Lipinski definition) is 2. The van der Waals surface area contributed by atoms with Gasteiger partial charge in [-0.3, -0.25) is 0 Å². The average molecular weight is 492 g/mol. The third-order valence-corrected chi connectivity index (χ3v) is 10.8. The first kappa shape index (κ1) is 21.6. The molecule has 0 fully saturated rings. The molecule has 0 heterocycles. The van der Waals surface area contributed by atoms with Crippen molar-refractivity contribution in [1.29, 1.82) is 0 Å². The summed E-state index contributed by atoms with van der Waals surface area (Å²) in [5.74, 6) is 1.57. The molecule has 0 aliphatic heterocycles. The van der Waals surface area contributed by atoms with E-state index in [1.807, 2.05) is 6.07 Å². The van der Waals surface area contributed by atoms with Gasteiger partial charge < -0.3 is 9.47 Å². The predicted molar refractivity (Wildman–Crippen MR) is 136 cm³/mol. The molecule has 0 radical (unpaired) electrons. The molecule has 0 N–H and O–H groups in total. The van der Waals surface area contributed by atoms with Crippen molar-refractivity contribution in [3.63, 3.8) is 0 Å². The number of rotatable bonds is 7. The van der Waals surface area contributed by atoms with E-state index < -0.39 is 7.26 Å². The minimum absolute atomic E-state index is 0.779. The van der Waals surface area contributed by atoms with Crippen LogP contribution >= 0.6 is 23.2 Å². The van der Waals surface area contributed by atoms with Crippen molar-refractivity contribution in [2.45, 2.75) is 6.16 Å². The fourth-order valence-electron chi connectivity index (χ4n) is 4.03. The standard InChI is InChI=1S/C27H25BrO2P/c1-29-22-18-21(27(28)26(19-22)30-2)20-31(23-12-6-3-7-13-23,24-14-8-4-9-15-24)25-16-10-5-11-17-25/h3-19H,20H2,1-2H3/q+1. The summed E-state index contributed by atoms with van der Waals surface area (Å²) in [4.78, 5) is 0. The van der Waals surface area contributed by atoms with E-state index in [1.165, 1.54) is 21.5 Å². The molecule has 0 amide bonds. The first-order valence-corrected chi connectivity index (χ1v) is 12.9. The van der Waals surface area contributed by atoms with Crippen LogP contribution < -0.4 is 25.4 Å². The summed E-state index contributed by atoms with van der Waals surface area (Å²) in [6.45, 7) is 0.